The third-order valence-corrected chi connectivity index (χ3v) is 8.15. The number of hydrogen-bond donors (Lipinski definition) is 1. The number of likely N-dealkylation sites (tertiary alicyclic amines) is 1. The summed E-state index contributed by atoms with van der Waals surface area (Å²) in [6, 6.07) is 19.8. The molecule has 1 aromatic heterocycles. The Morgan fingerprint density at radius 1 is 1.14 bits per heavy atom. The van der Waals surface area contributed by atoms with Gasteiger partial charge in [-0.05, 0) is 80.7 Å². The first-order valence-electron chi connectivity index (χ1n) is 12.5. The Bertz CT molecular complexity index is 1320. The first-order valence-corrected chi connectivity index (χ1v) is 13.3. The van der Waals surface area contributed by atoms with Crippen molar-refractivity contribution in [1.82, 2.24) is 10.2 Å². The molecule has 5 rings (SSSR count). The Hall–Kier alpha value is -3.37. The summed E-state index contributed by atoms with van der Waals surface area (Å²) in [6.07, 6.45) is 2.60. The maximum absolute atomic E-state index is 13.3. The highest BCUT2D eigenvalue weighted by Gasteiger charge is 2.52. The summed E-state index contributed by atoms with van der Waals surface area (Å²) in [4.78, 5) is 28.9. The molecule has 4 unspecified atom stereocenters. The highest BCUT2D eigenvalue weighted by atomic mass is 32.1. The van der Waals surface area contributed by atoms with Gasteiger partial charge in [-0.15, -0.1) is 11.3 Å². The van der Waals surface area contributed by atoms with Crippen LogP contribution in [0.5, 0.6) is 0 Å². The van der Waals surface area contributed by atoms with Crippen LogP contribution in [0.15, 0.2) is 54.6 Å². The minimum atomic E-state index is -0.668. The molecule has 3 aromatic rings. The van der Waals surface area contributed by atoms with E-state index < -0.39 is 23.8 Å². The van der Waals surface area contributed by atoms with E-state index in [9.17, 15) is 14.9 Å². The van der Waals surface area contributed by atoms with Gasteiger partial charge in [-0.25, -0.2) is 4.79 Å². The minimum Gasteiger partial charge on any atom is -0.444 e. The molecule has 1 saturated carbocycles. The second-order valence-corrected chi connectivity index (χ2v) is 12.0. The standard InChI is InChI=1S/C29H31N3O3S/c1-29(2,3)35-28(34)32-23-11-9-20(14-23)26(32)27(33)31-22(17-30)16-24-15-21-13-19(10-12-25(21)36-24)18-7-5-4-6-8-18/h4-8,10,12-13,15,20,22-23,26H,9,11,14,16H2,1-3H3,(H,31,33). The summed E-state index contributed by atoms with van der Waals surface area (Å²) in [5, 5.41) is 13.9. The van der Waals surface area contributed by atoms with Gasteiger partial charge < -0.3 is 10.1 Å². The molecule has 2 heterocycles. The Morgan fingerprint density at radius 3 is 2.64 bits per heavy atom. The van der Waals surface area contributed by atoms with E-state index in [4.69, 9.17) is 4.74 Å². The Balaban J connectivity index is 1.29. The molecule has 2 amide bonds. The molecule has 0 spiro atoms. The highest BCUT2D eigenvalue weighted by molar-refractivity contribution is 7.19. The van der Waals surface area contributed by atoms with E-state index >= 15 is 0 Å². The summed E-state index contributed by atoms with van der Waals surface area (Å²) in [5.74, 6) is -0.144. The van der Waals surface area contributed by atoms with E-state index in [0.717, 1.165) is 45.4 Å². The van der Waals surface area contributed by atoms with E-state index in [0.29, 0.717) is 6.42 Å². The predicted octanol–water partition coefficient (Wildman–Crippen LogP) is 5.91. The molecule has 2 bridgehead atoms. The molecule has 0 radical (unpaired) electrons. The number of hydrogen-bond acceptors (Lipinski definition) is 5. The Kier molecular flexibility index (Phi) is 6.48. The zero-order chi connectivity index (χ0) is 25.4. The Morgan fingerprint density at radius 2 is 1.92 bits per heavy atom. The number of benzene rings is 2. The van der Waals surface area contributed by atoms with Gasteiger partial charge >= 0.3 is 6.09 Å². The van der Waals surface area contributed by atoms with Gasteiger partial charge in [0.2, 0.25) is 5.91 Å². The number of piperidine rings is 1. The average molecular weight is 502 g/mol. The van der Waals surface area contributed by atoms with Crippen molar-refractivity contribution in [2.24, 2.45) is 5.92 Å². The largest absolute Gasteiger partial charge is 0.444 e. The lowest BCUT2D eigenvalue weighted by Gasteiger charge is -2.35. The molecule has 4 atom stereocenters. The first kappa shape index (κ1) is 24.3. The minimum absolute atomic E-state index is 0.0301. The van der Waals surface area contributed by atoms with Gasteiger partial charge in [0, 0.05) is 22.0 Å². The molecule has 7 heteroatoms. The third-order valence-electron chi connectivity index (χ3n) is 7.01. The lowest BCUT2D eigenvalue weighted by atomic mass is 9.97. The zero-order valence-electron chi connectivity index (χ0n) is 20.9. The summed E-state index contributed by atoms with van der Waals surface area (Å²) >= 11 is 1.64. The van der Waals surface area contributed by atoms with Crippen LogP contribution < -0.4 is 5.32 Å². The summed E-state index contributed by atoms with van der Waals surface area (Å²) in [6.45, 7) is 5.48. The van der Waals surface area contributed by atoms with Crippen molar-refractivity contribution in [1.29, 1.82) is 5.26 Å². The number of ether oxygens (including phenoxy) is 1. The Labute approximate surface area is 215 Å². The lowest BCUT2D eigenvalue weighted by Crippen LogP contribution is -2.55. The SMILES string of the molecule is CC(C)(C)OC(=O)N1C2CCC(C2)C1C(=O)NC(C#N)Cc1cc2cc(-c3ccccc3)ccc2s1. The van der Waals surface area contributed by atoms with Crippen molar-refractivity contribution in [2.45, 2.75) is 70.2 Å². The van der Waals surface area contributed by atoms with Crippen LogP contribution in [0.3, 0.4) is 0 Å². The van der Waals surface area contributed by atoms with Crippen LogP contribution in [0, 0.1) is 17.2 Å². The topological polar surface area (TPSA) is 82.4 Å². The van der Waals surface area contributed by atoms with Gasteiger partial charge in [0.15, 0.2) is 0 Å². The molecule has 36 heavy (non-hydrogen) atoms. The summed E-state index contributed by atoms with van der Waals surface area (Å²) in [7, 11) is 0. The van der Waals surface area contributed by atoms with Crippen molar-refractivity contribution in [2.75, 3.05) is 0 Å². The smallest absolute Gasteiger partial charge is 0.411 e. The second-order valence-electron chi connectivity index (χ2n) is 10.8. The van der Waals surface area contributed by atoms with Gasteiger partial charge in [-0.3, -0.25) is 9.69 Å². The lowest BCUT2D eigenvalue weighted by molar-refractivity contribution is -0.128. The fourth-order valence-corrected chi connectivity index (χ4v) is 6.59. The number of nitriles is 1. The fourth-order valence-electron chi connectivity index (χ4n) is 5.50. The molecule has 1 aliphatic carbocycles. The second kappa shape index (κ2) is 9.59. The number of rotatable bonds is 5. The molecule has 6 nitrogen and oxygen atoms in total. The molecule has 2 aromatic carbocycles. The van der Waals surface area contributed by atoms with Crippen molar-refractivity contribution in [3.8, 4) is 17.2 Å². The normalized spacial score (nSPS) is 21.8. The van der Waals surface area contributed by atoms with Crippen molar-refractivity contribution < 1.29 is 14.3 Å². The van der Waals surface area contributed by atoms with Crippen molar-refractivity contribution in [3.63, 3.8) is 0 Å². The van der Waals surface area contributed by atoms with Gasteiger partial charge in [0.25, 0.3) is 0 Å². The maximum atomic E-state index is 13.3. The van der Waals surface area contributed by atoms with Crippen LogP contribution in [0.1, 0.15) is 44.9 Å². The van der Waals surface area contributed by atoms with E-state index in [-0.39, 0.29) is 17.9 Å². The molecule has 1 aliphatic heterocycles. The predicted molar refractivity (Wildman–Crippen MR) is 141 cm³/mol. The van der Waals surface area contributed by atoms with E-state index in [1.54, 1.807) is 16.2 Å². The van der Waals surface area contributed by atoms with Gasteiger partial charge in [0.1, 0.15) is 17.7 Å². The molecule has 186 valence electrons. The van der Waals surface area contributed by atoms with Crippen LogP contribution in [-0.2, 0) is 16.0 Å². The van der Waals surface area contributed by atoms with Crippen LogP contribution in [0.4, 0.5) is 4.79 Å². The molecular formula is C29H31N3O3S. The number of thiophene rings is 1. The van der Waals surface area contributed by atoms with Crippen molar-refractivity contribution in [3.05, 3.63) is 59.5 Å². The number of nitrogens with one attached hydrogen (secondary N) is 1. The van der Waals surface area contributed by atoms with Crippen LogP contribution >= 0.6 is 11.3 Å². The third kappa shape index (κ3) is 4.96. The van der Waals surface area contributed by atoms with Crippen LogP contribution in [0.2, 0.25) is 0 Å². The van der Waals surface area contributed by atoms with E-state index in [1.807, 2.05) is 39.0 Å². The maximum Gasteiger partial charge on any atom is 0.411 e. The molecule has 2 fully saturated rings. The molecule has 1 saturated heterocycles. The van der Waals surface area contributed by atoms with Crippen LogP contribution in [0.25, 0.3) is 21.2 Å². The first-order chi connectivity index (χ1) is 17.2. The molecule has 2 aliphatic rings. The number of nitrogens with zero attached hydrogens (tertiary/aromatic N) is 2. The fraction of sp³-hybridized carbons (Fsp3) is 0.414. The quantitative estimate of drug-likeness (QED) is 0.471. The van der Waals surface area contributed by atoms with Gasteiger partial charge in [0.05, 0.1) is 6.07 Å². The zero-order valence-corrected chi connectivity index (χ0v) is 21.7. The van der Waals surface area contributed by atoms with E-state index in [2.05, 4.69) is 47.8 Å². The summed E-state index contributed by atoms with van der Waals surface area (Å²) in [5.41, 5.74) is 1.68. The van der Waals surface area contributed by atoms with E-state index in [1.165, 1.54) is 0 Å². The highest BCUT2D eigenvalue weighted by Crippen LogP contribution is 2.43. The van der Waals surface area contributed by atoms with Gasteiger partial charge in [-0.2, -0.15) is 5.26 Å². The number of amides is 2. The number of fused-ring (bicyclic) bond motifs is 3. The monoisotopic (exact) mass is 501 g/mol. The molecular weight excluding hydrogens is 470 g/mol. The summed E-state index contributed by atoms with van der Waals surface area (Å²) < 4.78 is 6.75. The average Bonchev–Trinajstić information content (AvgIpc) is 3.56. The van der Waals surface area contributed by atoms with Gasteiger partial charge in [-0.1, -0.05) is 36.4 Å². The molecule has 1 N–H and O–H groups in total. The number of carbonyl (C=O) groups is 2. The van der Waals surface area contributed by atoms with Crippen LogP contribution in [-0.4, -0.2) is 40.6 Å². The van der Waals surface area contributed by atoms with Crippen molar-refractivity contribution >= 4 is 33.4 Å². The number of carbonyl (C=O) groups excluding carboxylic acids is 2.